The van der Waals surface area contributed by atoms with Crippen molar-refractivity contribution >= 4 is 11.9 Å². The first-order valence-corrected chi connectivity index (χ1v) is 9.38. The van der Waals surface area contributed by atoms with Crippen molar-refractivity contribution in [3.8, 4) is 0 Å². The average Bonchev–Trinajstić information content (AvgIpc) is 2.56. The third kappa shape index (κ3) is 2.77. The summed E-state index contributed by atoms with van der Waals surface area (Å²) >= 11 is 0. The summed E-state index contributed by atoms with van der Waals surface area (Å²) in [7, 11) is 0. The lowest BCUT2D eigenvalue weighted by atomic mass is 9.70. The van der Waals surface area contributed by atoms with Crippen molar-refractivity contribution < 1.29 is 14.3 Å². The Bertz CT molecular complexity index is 495. The molecule has 0 aliphatic carbocycles. The van der Waals surface area contributed by atoms with Crippen LogP contribution in [0.5, 0.6) is 0 Å². The first-order chi connectivity index (χ1) is 11.2. The molecule has 1 amide bonds. The van der Waals surface area contributed by atoms with Gasteiger partial charge in [0.2, 0.25) is 5.91 Å². The Balaban J connectivity index is 1.47. The van der Waals surface area contributed by atoms with Crippen LogP contribution in [0, 0.1) is 11.8 Å². The molecule has 4 rings (SSSR count). The first-order valence-electron chi connectivity index (χ1n) is 9.38. The molecule has 128 valence electrons. The largest absolute Gasteiger partial charge is 0.462 e. The van der Waals surface area contributed by atoms with Crippen molar-refractivity contribution in [1.29, 1.82) is 0 Å². The highest BCUT2D eigenvalue weighted by Gasteiger charge is 2.49. The number of amides is 1. The van der Waals surface area contributed by atoms with Gasteiger partial charge in [-0.05, 0) is 37.5 Å². The van der Waals surface area contributed by atoms with Gasteiger partial charge in [-0.15, -0.1) is 0 Å². The summed E-state index contributed by atoms with van der Waals surface area (Å²) in [4.78, 5) is 28.7. The second-order valence-electron chi connectivity index (χ2n) is 7.81. The lowest BCUT2D eigenvalue weighted by molar-refractivity contribution is -0.158. The second-order valence-corrected chi connectivity index (χ2v) is 7.81. The molecule has 23 heavy (non-hydrogen) atoms. The number of hydrogen-bond donors (Lipinski definition) is 0. The number of nitrogens with zero attached hydrogens (tertiary/aromatic N) is 2. The fourth-order valence-electron chi connectivity index (χ4n) is 5.43. The molecule has 4 saturated heterocycles. The molecule has 5 atom stereocenters. The zero-order valence-corrected chi connectivity index (χ0v) is 14.1. The van der Waals surface area contributed by atoms with E-state index in [-0.39, 0.29) is 12.1 Å². The number of carbonyl (C=O) groups excluding carboxylic acids is 2. The van der Waals surface area contributed by atoms with Crippen LogP contribution in [0.1, 0.15) is 51.9 Å². The number of fused-ring (bicyclic) bond motifs is 6. The molecule has 0 N–H and O–H groups in total. The molecule has 0 aromatic heterocycles. The monoisotopic (exact) mass is 320 g/mol. The van der Waals surface area contributed by atoms with Gasteiger partial charge in [-0.3, -0.25) is 14.5 Å². The normalized spacial score (nSPS) is 40.3. The fourth-order valence-corrected chi connectivity index (χ4v) is 5.43. The van der Waals surface area contributed by atoms with E-state index in [0.29, 0.717) is 36.2 Å². The third-order valence-corrected chi connectivity index (χ3v) is 6.50. The van der Waals surface area contributed by atoms with Gasteiger partial charge < -0.3 is 9.64 Å². The summed E-state index contributed by atoms with van der Waals surface area (Å²) < 4.78 is 5.61. The molecule has 0 spiro atoms. The van der Waals surface area contributed by atoms with E-state index in [1.807, 2.05) is 6.92 Å². The summed E-state index contributed by atoms with van der Waals surface area (Å²) in [6.45, 7) is 4.95. The maximum atomic E-state index is 12.3. The van der Waals surface area contributed by atoms with E-state index in [2.05, 4.69) is 9.80 Å². The van der Waals surface area contributed by atoms with Crippen LogP contribution in [-0.2, 0) is 14.3 Å². The van der Waals surface area contributed by atoms with Crippen LogP contribution in [-0.4, -0.2) is 59.5 Å². The average molecular weight is 320 g/mol. The lowest BCUT2D eigenvalue weighted by Crippen LogP contribution is -2.65. The number of hydrogen-bond acceptors (Lipinski definition) is 4. The van der Waals surface area contributed by atoms with Gasteiger partial charge in [-0.1, -0.05) is 6.92 Å². The Labute approximate surface area is 138 Å². The summed E-state index contributed by atoms with van der Waals surface area (Å²) in [5, 5.41) is 0. The topological polar surface area (TPSA) is 49.9 Å². The van der Waals surface area contributed by atoms with Gasteiger partial charge in [0.1, 0.15) is 6.10 Å². The van der Waals surface area contributed by atoms with Crippen LogP contribution >= 0.6 is 0 Å². The molecule has 2 bridgehead atoms. The Morgan fingerprint density at radius 3 is 2.83 bits per heavy atom. The quantitative estimate of drug-likeness (QED) is 0.728. The minimum absolute atomic E-state index is 0.0768. The molecule has 5 heteroatoms. The number of esters is 1. The molecular weight excluding hydrogens is 292 g/mol. The van der Waals surface area contributed by atoms with E-state index < -0.39 is 0 Å². The van der Waals surface area contributed by atoms with E-state index in [9.17, 15) is 9.59 Å². The second kappa shape index (κ2) is 6.08. The molecule has 0 aromatic rings. The van der Waals surface area contributed by atoms with Crippen molar-refractivity contribution in [3.63, 3.8) is 0 Å². The minimum Gasteiger partial charge on any atom is -0.462 e. The van der Waals surface area contributed by atoms with E-state index >= 15 is 0 Å². The predicted molar refractivity (Wildman–Crippen MR) is 85.7 cm³/mol. The van der Waals surface area contributed by atoms with E-state index in [1.54, 1.807) is 0 Å². The van der Waals surface area contributed by atoms with Crippen molar-refractivity contribution in [2.75, 3.05) is 19.6 Å². The Kier molecular flexibility index (Phi) is 4.08. The van der Waals surface area contributed by atoms with Gasteiger partial charge in [-0.25, -0.2) is 0 Å². The van der Waals surface area contributed by atoms with Crippen LogP contribution in [0.15, 0.2) is 0 Å². The summed E-state index contributed by atoms with van der Waals surface area (Å²) in [5.74, 6) is 1.51. The van der Waals surface area contributed by atoms with Crippen LogP contribution in [0.3, 0.4) is 0 Å². The molecule has 0 radical (unpaired) electrons. The van der Waals surface area contributed by atoms with Gasteiger partial charge >= 0.3 is 5.97 Å². The standard InChI is InChI=1S/C18H28N2O3/c1-2-18(22)23-14-6-7-19-10-12-8-13(16(19)9-14)11-20-15(12)4-3-5-17(20)21/h12-16H,2-11H2,1H3/t12-,13+,14+,15?,16?/m1/s1. The van der Waals surface area contributed by atoms with Crippen LogP contribution < -0.4 is 0 Å². The summed E-state index contributed by atoms with van der Waals surface area (Å²) in [6, 6.07) is 0.981. The highest BCUT2D eigenvalue weighted by atomic mass is 16.5. The molecular formula is C18H28N2O3. The maximum absolute atomic E-state index is 12.3. The maximum Gasteiger partial charge on any atom is 0.305 e. The van der Waals surface area contributed by atoms with E-state index in [0.717, 1.165) is 45.3 Å². The smallest absolute Gasteiger partial charge is 0.305 e. The van der Waals surface area contributed by atoms with Gasteiger partial charge in [0.15, 0.2) is 0 Å². The molecule has 4 aliphatic rings. The number of piperidine rings is 4. The van der Waals surface area contributed by atoms with E-state index in [1.165, 1.54) is 12.8 Å². The van der Waals surface area contributed by atoms with E-state index in [4.69, 9.17) is 4.74 Å². The zero-order valence-electron chi connectivity index (χ0n) is 14.1. The molecule has 5 nitrogen and oxygen atoms in total. The summed E-state index contributed by atoms with van der Waals surface area (Å²) in [6.07, 6.45) is 6.71. The van der Waals surface area contributed by atoms with Gasteiger partial charge in [0.05, 0.1) is 0 Å². The highest BCUT2D eigenvalue weighted by molar-refractivity contribution is 5.77. The van der Waals surface area contributed by atoms with Crippen molar-refractivity contribution in [2.24, 2.45) is 11.8 Å². The minimum atomic E-state index is -0.0768. The molecule has 0 aromatic carbocycles. The summed E-state index contributed by atoms with van der Waals surface area (Å²) in [5.41, 5.74) is 0. The lowest BCUT2D eigenvalue weighted by Gasteiger charge is -2.57. The molecule has 4 heterocycles. The van der Waals surface area contributed by atoms with Crippen molar-refractivity contribution in [2.45, 2.75) is 70.1 Å². The van der Waals surface area contributed by atoms with Crippen LogP contribution in [0.25, 0.3) is 0 Å². The first kappa shape index (κ1) is 15.4. The molecule has 4 aliphatic heterocycles. The molecule has 0 saturated carbocycles. The highest BCUT2D eigenvalue weighted by Crippen LogP contribution is 2.43. The van der Waals surface area contributed by atoms with Gasteiger partial charge in [0, 0.05) is 51.0 Å². The Hall–Kier alpha value is -1.10. The zero-order chi connectivity index (χ0) is 16.0. The molecule has 4 fully saturated rings. The third-order valence-electron chi connectivity index (χ3n) is 6.50. The predicted octanol–water partition coefficient (Wildman–Crippen LogP) is 1.80. The van der Waals surface area contributed by atoms with Crippen LogP contribution in [0.2, 0.25) is 0 Å². The molecule has 2 unspecified atom stereocenters. The number of rotatable bonds is 2. The Morgan fingerprint density at radius 1 is 1.17 bits per heavy atom. The Morgan fingerprint density at radius 2 is 2.00 bits per heavy atom. The van der Waals surface area contributed by atoms with Gasteiger partial charge in [0.25, 0.3) is 0 Å². The van der Waals surface area contributed by atoms with Crippen LogP contribution in [0.4, 0.5) is 0 Å². The van der Waals surface area contributed by atoms with Crippen molar-refractivity contribution in [3.05, 3.63) is 0 Å². The van der Waals surface area contributed by atoms with Gasteiger partial charge in [-0.2, -0.15) is 0 Å². The number of ether oxygens (including phenoxy) is 1. The van der Waals surface area contributed by atoms with Crippen molar-refractivity contribution in [1.82, 2.24) is 9.80 Å². The SMILES string of the molecule is CCC(=O)O[C@H]1CCN2C[C@H]3C[C@@H](CN4C(=O)CCCC34)C2C1. The fraction of sp³-hybridized carbons (Fsp3) is 0.889. The number of carbonyl (C=O) groups is 2.